The number of hydrogen-bond acceptors (Lipinski definition) is 4. The third kappa shape index (κ3) is 3.57. The fourth-order valence-corrected chi connectivity index (χ4v) is 5.91. The van der Waals surface area contributed by atoms with Gasteiger partial charge in [0.05, 0.1) is 10.8 Å². The van der Waals surface area contributed by atoms with Gasteiger partial charge >= 0.3 is 0 Å². The fourth-order valence-electron chi connectivity index (χ4n) is 3.44. The predicted octanol–water partition coefficient (Wildman–Crippen LogP) is 5.60. The Morgan fingerprint density at radius 1 is 1.12 bits per heavy atom. The van der Waals surface area contributed by atoms with Crippen molar-refractivity contribution in [2.75, 3.05) is 5.32 Å². The largest absolute Gasteiger partial charge is 0.350 e. The van der Waals surface area contributed by atoms with Gasteiger partial charge in [0, 0.05) is 35.9 Å². The number of anilines is 1. The summed E-state index contributed by atoms with van der Waals surface area (Å²) in [6, 6.07) is -0.206. The zero-order chi connectivity index (χ0) is 17.8. The van der Waals surface area contributed by atoms with Crippen LogP contribution in [-0.2, 0) is 12.8 Å². The van der Waals surface area contributed by atoms with Crippen LogP contribution in [0.15, 0.2) is 17.2 Å². The predicted molar refractivity (Wildman–Crippen MR) is 93.7 cm³/mol. The lowest BCUT2D eigenvalue weighted by Gasteiger charge is -2.35. The van der Waals surface area contributed by atoms with E-state index in [1.54, 1.807) is 11.3 Å². The quantitative estimate of drug-likeness (QED) is 0.487. The summed E-state index contributed by atoms with van der Waals surface area (Å²) in [5, 5.41) is 3.92. The maximum atomic E-state index is 13.3. The van der Waals surface area contributed by atoms with Crippen molar-refractivity contribution in [2.24, 2.45) is 5.92 Å². The number of nitrogens with one attached hydrogen (secondary N) is 2. The summed E-state index contributed by atoms with van der Waals surface area (Å²) in [5.74, 6) is -6.01. The van der Waals surface area contributed by atoms with E-state index in [1.807, 2.05) is 0 Å². The lowest BCUT2D eigenvalue weighted by Crippen LogP contribution is -2.46. The molecule has 1 unspecified atom stereocenters. The molecule has 1 aromatic rings. The van der Waals surface area contributed by atoms with Gasteiger partial charge in [-0.05, 0) is 43.2 Å². The minimum Gasteiger partial charge on any atom is -0.350 e. The van der Waals surface area contributed by atoms with Gasteiger partial charge in [0.1, 0.15) is 5.00 Å². The summed E-state index contributed by atoms with van der Waals surface area (Å²) < 4.78 is 55.7. The Morgan fingerprint density at radius 2 is 1.80 bits per heavy atom. The van der Waals surface area contributed by atoms with Crippen molar-refractivity contribution in [2.45, 2.75) is 67.7 Å². The molecule has 2 N–H and O–H groups in total. The van der Waals surface area contributed by atoms with Crippen LogP contribution in [-0.4, -0.2) is 17.9 Å². The van der Waals surface area contributed by atoms with E-state index in [-0.39, 0.29) is 25.3 Å². The second-order valence-corrected chi connectivity index (χ2v) is 9.17. The van der Waals surface area contributed by atoms with Crippen LogP contribution in [0.25, 0.3) is 0 Å². The molecule has 2 saturated carbocycles. The molecule has 1 heterocycles. The third-order valence-electron chi connectivity index (χ3n) is 5.06. The van der Waals surface area contributed by atoms with Gasteiger partial charge in [-0.25, -0.2) is 17.6 Å². The van der Waals surface area contributed by atoms with E-state index < -0.39 is 17.8 Å². The minimum absolute atomic E-state index is 0.143. The first-order chi connectivity index (χ1) is 11.8. The average molecular weight is 392 g/mol. The van der Waals surface area contributed by atoms with E-state index in [0.29, 0.717) is 5.70 Å². The van der Waals surface area contributed by atoms with Crippen LogP contribution in [0, 0.1) is 5.92 Å². The first-order valence-electron chi connectivity index (χ1n) is 8.53. The number of halogens is 4. The Hall–Kier alpha value is -0.730. The number of fused-ring (bicyclic) bond motifs is 1. The standard InChI is InChI=1S/C17H20F4N2S2/c1-9(12-8-17(12,20)21)22-15-14(11-4-2-3-5-13(11)24-15)25-23-10-6-16(18,19)7-10/h10,12,22-23H,1-8H2. The van der Waals surface area contributed by atoms with E-state index >= 15 is 0 Å². The van der Waals surface area contributed by atoms with Crippen molar-refractivity contribution < 1.29 is 17.6 Å². The molecule has 0 amide bonds. The van der Waals surface area contributed by atoms with Gasteiger partial charge in [-0.15, -0.1) is 11.3 Å². The van der Waals surface area contributed by atoms with Gasteiger partial charge < -0.3 is 5.32 Å². The molecular weight excluding hydrogens is 372 g/mol. The molecule has 1 aromatic heterocycles. The number of thiophene rings is 1. The van der Waals surface area contributed by atoms with Crippen LogP contribution in [0.2, 0.25) is 0 Å². The molecule has 0 saturated heterocycles. The van der Waals surface area contributed by atoms with Crippen molar-refractivity contribution in [3.63, 3.8) is 0 Å². The molecule has 3 aliphatic carbocycles. The zero-order valence-electron chi connectivity index (χ0n) is 13.6. The number of allylic oxidation sites excluding steroid dienone is 1. The Morgan fingerprint density at radius 3 is 2.44 bits per heavy atom. The summed E-state index contributed by atoms with van der Waals surface area (Å²) in [4.78, 5) is 2.24. The minimum atomic E-state index is -2.65. The maximum absolute atomic E-state index is 13.3. The van der Waals surface area contributed by atoms with E-state index in [4.69, 9.17) is 0 Å². The first-order valence-corrected chi connectivity index (χ1v) is 10.2. The van der Waals surface area contributed by atoms with Gasteiger partial charge in [-0.3, -0.25) is 4.72 Å². The summed E-state index contributed by atoms with van der Waals surface area (Å²) in [7, 11) is 0. The number of aryl methyl sites for hydroxylation is 1. The molecule has 0 radical (unpaired) electrons. The molecule has 138 valence electrons. The van der Waals surface area contributed by atoms with E-state index in [2.05, 4.69) is 16.6 Å². The molecule has 0 aliphatic heterocycles. The van der Waals surface area contributed by atoms with Crippen molar-refractivity contribution in [3.05, 3.63) is 22.7 Å². The molecule has 0 aromatic carbocycles. The Labute approximate surface area is 152 Å². The molecule has 2 nitrogen and oxygen atoms in total. The van der Waals surface area contributed by atoms with Crippen molar-refractivity contribution in [1.29, 1.82) is 0 Å². The lowest BCUT2D eigenvalue weighted by molar-refractivity contribution is -0.0872. The Bertz CT molecular complexity index is 693. The highest BCUT2D eigenvalue weighted by atomic mass is 32.2. The van der Waals surface area contributed by atoms with Crippen LogP contribution in [0.5, 0.6) is 0 Å². The summed E-state index contributed by atoms with van der Waals surface area (Å²) in [5.41, 5.74) is 1.58. The molecule has 3 aliphatic rings. The molecule has 8 heteroatoms. The molecular formula is C17H20F4N2S2. The van der Waals surface area contributed by atoms with Crippen molar-refractivity contribution in [1.82, 2.24) is 4.72 Å². The highest BCUT2D eigenvalue weighted by molar-refractivity contribution is 7.97. The number of rotatable bonds is 6. The number of alkyl halides is 4. The Balaban J connectivity index is 1.48. The van der Waals surface area contributed by atoms with Crippen LogP contribution in [0.4, 0.5) is 22.6 Å². The van der Waals surface area contributed by atoms with Gasteiger partial charge in [0.15, 0.2) is 0 Å². The van der Waals surface area contributed by atoms with Gasteiger partial charge in [-0.2, -0.15) is 0 Å². The van der Waals surface area contributed by atoms with Crippen LogP contribution < -0.4 is 10.0 Å². The second-order valence-electron chi connectivity index (χ2n) is 7.22. The smallest absolute Gasteiger partial charge is 0.257 e. The first kappa shape index (κ1) is 17.7. The van der Waals surface area contributed by atoms with E-state index in [0.717, 1.165) is 35.6 Å². The Kier molecular flexibility index (Phi) is 4.36. The monoisotopic (exact) mass is 392 g/mol. The fraction of sp³-hybridized carbons (Fsp3) is 0.647. The van der Waals surface area contributed by atoms with E-state index in [1.165, 1.54) is 22.4 Å². The summed E-state index contributed by atoms with van der Waals surface area (Å²) in [6.07, 6.45) is 3.72. The maximum Gasteiger partial charge on any atom is 0.257 e. The third-order valence-corrected chi connectivity index (χ3v) is 7.50. The van der Waals surface area contributed by atoms with Crippen LogP contribution >= 0.6 is 23.3 Å². The topological polar surface area (TPSA) is 24.1 Å². The van der Waals surface area contributed by atoms with Crippen LogP contribution in [0.3, 0.4) is 0 Å². The molecule has 2 fully saturated rings. The molecule has 25 heavy (non-hydrogen) atoms. The number of hydrogen-bond donors (Lipinski definition) is 2. The SMILES string of the molecule is C=C(Nc1sc2c(c1SNC1CC(F)(F)C1)CCCC2)C1CC1(F)F. The van der Waals surface area contributed by atoms with Crippen molar-refractivity contribution >= 4 is 28.3 Å². The normalized spacial score (nSPS) is 26.6. The van der Waals surface area contributed by atoms with Gasteiger partial charge in [0.2, 0.25) is 0 Å². The van der Waals surface area contributed by atoms with Crippen molar-refractivity contribution in [3.8, 4) is 0 Å². The molecule has 4 rings (SSSR count). The summed E-state index contributed by atoms with van der Waals surface area (Å²) in [6.45, 7) is 3.78. The van der Waals surface area contributed by atoms with Gasteiger partial charge in [0.25, 0.3) is 11.8 Å². The molecule has 0 bridgehead atoms. The zero-order valence-corrected chi connectivity index (χ0v) is 15.3. The second kappa shape index (κ2) is 6.16. The highest BCUT2D eigenvalue weighted by Gasteiger charge is 2.58. The van der Waals surface area contributed by atoms with Crippen LogP contribution in [0.1, 0.15) is 42.5 Å². The highest BCUT2D eigenvalue weighted by Crippen LogP contribution is 2.53. The average Bonchev–Trinajstić information content (AvgIpc) is 3.01. The lowest BCUT2D eigenvalue weighted by atomic mass is 9.89. The molecule has 1 atom stereocenters. The summed E-state index contributed by atoms with van der Waals surface area (Å²) >= 11 is 2.95. The van der Waals surface area contributed by atoms with Gasteiger partial charge in [-0.1, -0.05) is 6.58 Å². The van der Waals surface area contributed by atoms with E-state index in [9.17, 15) is 17.6 Å². The molecule has 0 spiro atoms.